The molecule has 3 fully saturated rings. The van der Waals surface area contributed by atoms with Crippen LogP contribution in [0, 0.1) is 23.2 Å². The first-order valence-corrected chi connectivity index (χ1v) is 12.4. The first-order valence-electron chi connectivity index (χ1n) is 12.4. The van der Waals surface area contributed by atoms with Gasteiger partial charge >= 0.3 is 6.36 Å². The lowest BCUT2D eigenvalue weighted by Gasteiger charge is -2.35. The molecule has 4 rings (SSSR count). The predicted molar refractivity (Wildman–Crippen MR) is 124 cm³/mol. The van der Waals surface area contributed by atoms with Crippen molar-refractivity contribution in [2.24, 2.45) is 23.2 Å². The summed E-state index contributed by atoms with van der Waals surface area (Å²) in [5.41, 5.74) is -0.134. The lowest BCUT2D eigenvalue weighted by atomic mass is 9.96. The molecule has 8 nitrogen and oxygen atoms in total. The SMILES string of the molecule is CN(C(=O)C1C2C(CN1C(=O)COc1ccc(OC(F)(F)F)cc1)C2(C)C)C(C=O)CC1CCCC1=O. The summed E-state index contributed by atoms with van der Waals surface area (Å²) in [6.07, 6.45) is -1.86. The normalized spacial score (nSPS) is 26.9. The number of hydrogen-bond donors (Lipinski definition) is 0. The number of hydrogen-bond acceptors (Lipinski definition) is 6. The zero-order valence-electron chi connectivity index (χ0n) is 21.0. The lowest BCUT2D eigenvalue weighted by Crippen LogP contribution is -2.54. The van der Waals surface area contributed by atoms with Crippen molar-refractivity contribution in [3.05, 3.63) is 24.3 Å². The van der Waals surface area contributed by atoms with E-state index in [9.17, 15) is 32.3 Å². The van der Waals surface area contributed by atoms with Crippen LogP contribution in [0.1, 0.15) is 39.5 Å². The number of likely N-dealkylation sites (tertiary alicyclic amines) is 1. The highest BCUT2D eigenvalue weighted by molar-refractivity contribution is 5.91. The average molecular weight is 525 g/mol. The number of rotatable bonds is 9. The third kappa shape index (κ3) is 5.60. The van der Waals surface area contributed by atoms with Crippen LogP contribution in [0.5, 0.6) is 11.5 Å². The Morgan fingerprint density at radius 3 is 2.43 bits per heavy atom. The van der Waals surface area contributed by atoms with Crippen molar-refractivity contribution in [1.29, 1.82) is 0 Å². The van der Waals surface area contributed by atoms with Gasteiger partial charge < -0.3 is 24.1 Å². The Bertz CT molecular complexity index is 1060. The van der Waals surface area contributed by atoms with Gasteiger partial charge in [0.15, 0.2) is 6.61 Å². The fourth-order valence-corrected chi connectivity index (χ4v) is 5.90. The number of aldehydes is 1. The molecule has 1 heterocycles. The van der Waals surface area contributed by atoms with Crippen molar-refractivity contribution < 1.29 is 41.8 Å². The first kappa shape index (κ1) is 26.9. The second-order valence-electron chi connectivity index (χ2n) is 10.7. The highest BCUT2D eigenvalue weighted by atomic mass is 19.4. The summed E-state index contributed by atoms with van der Waals surface area (Å²) in [4.78, 5) is 53.5. The molecule has 3 aliphatic rings. The maximum atomic E-state index is 13.6. The van der Waals surface area contributed by atoms with Crippen LogP contribution in [-0.2, 0) is 19.2 Å². The van der Waals surface area contributed by atoms with Crippen molar-refractivity contribution >= 4 is 23.9 Å². The summed E-state index contributed by atoms with van der Waals surface area (Å²) in [7, 11) is 1.53. The summed E-state index contributed by atoms with van der Waals surface area (Å²) in [6, 6.07) is 3.16. The topological polar surface area (TPSA) is 93.2 Å². The van der Waals surface area contributed by atoms with Gasteiger partial charge in [0.1, 0.15) is 29.6 Å². The van der Waals surface area contributed by atoms with Crippen molar-refractivity contribution in [2.75, 3.05) is 20.2 Å². The average Bonchev–Trinajstić information content (AvgIpc) is 3.19. The third-order valence-electron chi connectivity index (χ3n) is 8.16. The number of alkyl halides is 3. The minimum atomic E-state index is -4.81. The molecule has 5 atom stereocenters. The maximum Gasteiger partial charge on any atom is 0.573 e. The number of ketones is 1. The zero-order chi connectivity index (χ0) is 27.1. The summed E-state index contributed by atoms with van der Waals surface area (Å²) < 4.78 is 46.3. The van der Waals surface area contributed by atoms with Gasteiger partial charge in [0.05, 0.1) is 6.04 Å². The van der Waals surface area contributed by atoms with Gasteiger partial charge in [-0.25, -0.2) is 0 Å². The number of fused-ring (bicyclic) bond motifs is 1. The van der Waals surface area contributed by atoms with Crippen molar-refractivity contribution in [3.8, 4) is 11.5 Å². The molecule has 1 aromatic rings. The van der Waals surface area contributed by atoms with E-state index in [1.807, 2.05) is 13.8 Å². The number of carbonyl (C=O) groups is 4. The van der Waals surface area contributed by atoms with Crippen LogP contribution in [-0.4, -0.2) is 72.3 Å². The molecular formula is C26H31F3N2O6. The van der Waals surface area contributed by atoms with E-state index < -0.39 is 36.7 Å². The number of piperidine rings is 1. The molecule has 0 bridgehead atoms. The van der Waals surface area contributed by atoms with Crippen LogP contribution >= 0.6 is 0 Å². The zero-order valence-corrected chi connectivity index (χ0v) is 21.0. The van der Waals surface area contributed by atoms with Gasteiger partial charge in [-0.1, -0.05) is 13.8 Å². The van der Waals surface area contributed by atoms with Gasteiger partial charge in [0, 0.05) is 25.9 Å². The van der Waals surface area contributed by atoms with Crippen LogP contribution in [0.15, 0.2) is 24.3 Å². The molecule has 1 aromatic carbocycles. The highest BCUT2D eigenvalue weighted by Gasteiger charge is 2.69. The van der Waals surface area contributed by atoms with E-state index in [-0.39, 0.29) is 47.0 Å². The smallest absolute Gasteiger partial charge is 0.484 e. The molecule has 1 saturated heterocycles. The Balaban J connectivity index is 1.41. The predicted octanol–water partition coefficient (Wildman–Crippen LogP) is 3.23. The number of carbonyl (C=O) groups excluding carboxylic acids is 4. The van der Waals surface area contributed by atoms with E-state index in [0.29, 0.717) is 25.7 Å². The van der Waals surface area contributed by atoms with Gasteiger partial charge in [-0.2, -0.15) is 0 Å². The number of benzene rings is 1. The first-order chi connectivity index (χ1) is 17.3. The van der Waals surface area contributed by atoms with E-state index in [1.54, 1.807) is 0 Å². The van der Waals surface area contributed by atoms with Crippen LogP contribution in [0.25, 0.3) is 0 Å². The summed E-state index contributed by atoms with van der Waals surface area (Å²) >= 11 is 0. The summed E-state index contributed by atoms with van der Waals surface area (Å²) in [6.45, 7) is 4.05. The second kappa shape index (κ2) is 9.98. The number of ether oxygens (including phenoxy) is 2. The van der Waals surface area contributed by atoms with Crippen LogP contribution in [0.4, 0.5) is 13.2 Å². The van der Waals surface area contributed by atoms with E-state index in [4.69, 9.17) is 4.74 Å². The third-order valence-corrected chi connectivity index (χ3v) is 8.16. The van der Waals surface area contributed by atoms with E-state index in [0.717, 1.165) is 18.6 Å². The molecule has 2 saturated carbocycles. The number of nitrogens with zero attached hydrogens (tertiary/aromatic N) is 2. The van der Waals surface area contributed by atoms with Gasteiger partial charge in [-0.05, 0) is 60.8 Å². The van der Waals surface area contributed by atoms with Gasteiger partial charge in [0.25, 0.3) is 5.91 Å². The quantitative estimate of drug-likeness (QED) is 0.461. The Labute approximate surface area is 213 Å². The van der Waals surface area contributed by atoms with Crippen molar-refractivity contribution in [2.45, 2.75) is 58.0 Å². The van der Waals surface area contributed by atoms with E-state index in [2.05, 4.69) is 4.74 Å². The molecule has 5 unspecified atom stereocenters. The molecule has 0 N–H and O–H groups in total. The van der Waals surface area contributed by atoms with E-state index in [1.165, 1.54) is 29.0 Å². The minimum Gasteiger partial charge on any atom is -0.484 e. The fraction of sp³-hybridized carbons (Fsp3) is 0.615. The van der Waals surface area contributed by atoms with Crippen LogP contribution < -0.4 is 9.47 Å². The molecule has 2 aliphatic carbocycles. The largest absolute Gasteiger partial charge is 0.573 e. The maximum absolute atomic E-state index is 13.6. The molecule has 0 spiro atoms. The van der Waals surface area contributed by atoms with Gasteiger partial charge in [-0.15, -0.1) is 13.2 Å². The number of halogens is 3. The monoisotopic (exact) mass is 524 g/mol. The Kier molecular flexibility index (Phi) is 7.27. The molecule has 0 aromatic heterocycles. The number of likely N-dealkylation sites (N-methyl/N-ethyl adjacent to an activating group) is 1. The van der Waals surface area contributed by atoms with Crippen LogP contribution in [0.3, 0.4) is 0 Å². The minimum absolute atomic E-state index is 0.0642. The Morgan fingerprint density at radius 1 is 1.22 bits per heavy atom. The Hall–Kier alpha value is -3.11. The molecule has 1 aliphatic heterocycles. The van der Waals surface area contributed by atoms with Crippen molar-refractivity contribution in [1.82, 2.24) is 9.80 Å². The number of amides is 2. The second-order valence-corrected chi connectivity index (χ2v) is 10.7. The van der Waals surface area contributed by atoms with Crippen molar-refractivity contribution in [3.63, 3.8) is 0 Å². The molecule has 37 heavy (non-hydrogen) atoms. The number of Topliss-reactive ketones (excluding diaryl/α,β-unsaturated/α-hetero) is 1. The molecular weight excluding hydrogens is 493 g/mol. The highest BCUT2D eigenvalue weighted by Crippen LogP contribution is 2.65. The summed E-state index contributed by atoms with van der Waals surface area (Å²) in [5.74, 6) is -1.07. The van der Waals surface area contributed by atoms with Crippen LogP contribution in [0.2, 0.25) is 0 Å². The van der Waals surface area contributed by atoms with E-state index >= 15 is 0 Å². The molecule has 2 amide bonds. The molecule has 11 heteroatoms. The molecule has 0 radical (unpaired) electrons. The Morgan fingerprint density at radius 2 is 1.86 bits per heavy atom. The summed E-state index contributed by atoms with van der Waals surface area (Å²) in [5, 5.41) is 0. The lowest BCUT2D eigenvalue weighted by molar-refractivity contribution is -0.274. The van der Waals surface area contributed by atoms with Gasteiger partial charge in [0.2, 0.25) is 5.91 Å². The standard InChI is InChI=1S/C26H31F3N2O6/c1-25(2)19-12-31(21(34)14-36-17-7-9-18(10-8-17)37-26(27,28)29)23(22(19)25)24(35)30(3)16(13-32)11-15-5-4-6-20(15)33/h7-10,13,15-16,19,22-23H,4-6,11-12,14H2,1-3H3. The molecule has 202 valence electrons. The van der Waals surface area contributed by atoms with Gasteiger partial charge in [-0.3, -0.25) is 14.4 Å². The fourth-order valence-electron chi connectivity index (χ4n) is 5.90.